The highest BCUT2D eigenvalue weighted by atomic mass is 16.2. The molecule has 2 fully saturated rings. The van der Waals surface area contributed by atoms with Crippen LogP contribution < -0.4 is 15.5 Å². The number of imide groups is 1. The quantitative estimate of drug-likeness (QED) is 0.380. The number of rotatable bonds is 10. The molecule has 8 nitrogen and oxygen atoms in total. The van der Waals surface area contributed by atoms with E-state index in [1.165, 1.54) is 50.2 Å². The smallest absolute Gasteiger partial charge is 0.259 e. The Hall–Kier alpha value is -3.26. The van der Waals surface area contributed by atoms with Crippen LogP contribution in [0, 0.1) is 0 Å². The lowest BCUT2D eigenvalue weighted by molar-refractivity contribution is -0.134. The van der Waals surface area contributed by atoms with Gasteiger partial charge in [-0.15, -0.1) is 0 Å². The normalized spacial score (nSPS) is 19.9. The summed E-state index contributed by atoms with van der Waals surface area (Å²) in [6.07, 6.45) is 9.39. The van der Waals surface area contributed by atoms with Crippen LogP contribution in [0.2, 0.25) is 0 Å². The number of nitrogens with zero attached hydrogens (tertiary/aromatic N) is 2. The van der Waals surface area contributed by atoms with E-state index in [1.54, 1.807) is 6.07 Å². The number of anilines is 1. The van der Waals surface area contributed by atoms with Gasteiger partial charge in [0.25, 0.3) is 5.91 Å². The first kappa shape index (κ1) is 25.4. The second kappa shape index (κ2) is 11.4. The first-order chi connectivity index (χ1) is 18.0. The largest absolute Gasteiger partial charge is 0.352 e. The van der Waals surface area contributed by atoms with Gasteiger partial charge in [0.15, 0.2) is 0 Å². The molecule has 0 bridgehead atoms. The molecule has 2 saturated heterocycles. The molecule has 2 aromatic rings. The van der Waals surface area contributed by atoms with Crippen molar-refractivity contribution in [1.82, 2.24) is 15.5 Å². The maximum atomic E-state index is 13.3. The second-order valence-corrected chi connectivity index (χ2v) is 10.5. The molecule has 196 valence electrons. The van der Waals surface area contributed by atoms with Gasteiger partial charge in [-0.05, 0) is 74.8 Å². The van der Waals surface area contributed by atoms with Gasteiger partial charge < -0.3 is 10.2 Å². The Morgan fingerprint density at radius 2 is 1.78 bits per heavy atom. The number of piperidine rings is 2. The number of carbonyl (C=O) groups is 4. The predicted molar refractivity (Wildman–Crippen MR) is 142 cm³/mol. The van der Waals surface area contributed by atoms with E-state index in [2.05, 4.69) is 15.5 Å². The van der Waals surface area contributed by atoms with Gasteiger partial charge >= 0.3 is 0 Å². The molecular weight excluding hydrogens is 468 g/mol. The van der Waals surface area contributed by atoms with Crippen LogP contribution in [-0.2, 0) is 20.9 Å². The highest BCUT2D eigenvalue weighted by molar-refractivity contribution is 6.27. The van der Waals surface area contributed by atoms with Crippen molar-refractivity contribution in [3.63, 3.8) is 0 Å². The van der Waals surface area contributed by atoms with Crippen molar-refractivity contribution in [1.29, 1.82) is 0 Å². The standard InChI is InChI=1S/C29H36N4O4/c34-25(11-4-1-2-5-16-32-17-6-3-7-18-32)30-19-20-12-13-23-27-21(20)9-8-10-22(27)29(37)33(23)24-14-15-26(35)31-28(24)36/h8-10,12-13,24H,1-7,11,14-19H2,(H,30,34)(H,31,35,36). The molecule has 2 N–H and O–H groups in total. The molecule has 0 aliphatic carbocycles. The van der Waals surface area contributed by atoms with Gasteiger partial charge in [0.05, 0.1) is 5.69 Å². The Balaban J connectivity index is 1.15. The third kappa shape index (κ3) is 5.54. The fourth-order valence-corrected chi connectivity index (χ4v) is 5.90. The minimum atomic E-state index is -0.703. The maximum Gasteiger partial charge on any atom is 0.259 e. The molecule has 0 aromatic heterocycles. The van der Waals surface area contributed by atoms with E-state index < -0.39 is 11.9 Å². The molecule has 4 amide bonds. The number of unbranched alkanes of at least 4 members (excludes halogenated alkanes) is 3. The number of hydrogen-bond donors (Lipinski definition) is 2. The zero-order valence-corrected chi connectivity index (χ0v) is 21.4. The van der Waals surface area contributed by atoms with E-state index in [0.29, 0.717) is 30.6 Å². The van der Waals surface area contributed by atoms with E-state index in [1.807, 2.05) is 24.3 Å². The van der Waals surface area contributed by atoms with Gasteiger partial charge in [0.1, 0.15) is 6.04 Å². The minimum Gasteiger partial charge on any atom is -0.352 e. The Morgan fingerprint density at radius 1 is 0.973 bits per heavy atom. The van der Waals surface area contributed by atoms with E-state index in [0.717, 1.165) is 35.6 Å². The Kier molecular flexibility index (Phi) is 7.84. The fourth-order valence-electron chi connectivity index (χ4n) is 5.90. The first-order valence-corrected chi connectivity index (χ1v) is 13.7. The van der Waals surface area contributed by atoms with Crippen molar-refractivity contribution in [2.24, 2.45) is 0 Å². The van der Waals surface area contributed by atoms with Crippen LogP contribution in [0.4, 0.5) is 5.69 Å². The number of benzene rings is 2. The molecule has 0 saturated carbocycles. The van der Waals surface area contributed by atoms with Gasteiger partial charge in [-0.1, -0.05) is 37.5 Å². The van der Waals surface area contributed by atoms with Crippen molar-refractivity contribution in [2.45, 2.75) is 76.8 Å². The Labute approximate surface area is 217 Å². The SMILES string of the molecule is O=C(CCCCCCN1CCCCC1)NCc1ccc2c3c(cccc13)C(=O)N2C1CCC(=O)NC1=O. The average molecular weight is 505 g/mol. The van der Waals surface area contributed by atoms with Crippen LogP contribution in [0.15, 0.2) is 30.3 Å². The molecule has 5 rings (SSSR count). The van der Waals surface area contributed by atoms with Gasteiger partial charge in [0, 0.05) is 30.3 Å². The number of amides is 4. The lowest BCUT2D eigenvalue weighted by Gasteiger charge is -2.30. The predicted octanol–water partition coefficient (Wildman–Crippen LogP) is 3.66. The molecule has 8 heteroatoms. The molecule has 3 aliphatic rings. The molecule has 37 heavy (non-hydrogen) atoms. The highest BCUT2D eigenvalue weighted by Crippen LogP contribution is 2.41. The van der Waals surface area contributed by atoms with Crippen molar-refractivity contribution >= 4 is 40.1 Å². The van der Waals surface area contributed by atoms with Crippen LogP contribution >= 0.6 is 0 Å². The summed E-state index contributed by atoms with van der Waals surface area (Å²) < 4.78 is 0. The van der Waals surface area contributed by atoms with Crippen molar-refractivity contribution in [3.8, 4) is 0 Å². The second-order valence-electron chi connectivity index (χ2n) is 10.5. The van der Waals surface area contributed by atoms with E-state index in [4.69, 9.17) is 0 Å². The van der Waals surface area contributed by atoms with Crippen molar-refractivity contribution in [2.75, 3.05) is 24.5 Å². The third-order valence-electron chi connectivity index (χ3n) is 7.89. The Morgan fingerprint density at radius 3 is 2.59 bits per heavy atom. The van der Waals surface area contributed by atoms with Crippen LogP contribution in [0.3, 0.4) is 0 Å². The van der Waals surface area contributed by atoms with E-state index in [-0.39, 0.29) is 24.1 Å². The Bertz CT molecular complexity index is 1200. The molecule has 1 atom stereocenters. The summed E-state index contributed by atoms with van der Waals surface area (Å²) in [5.74, 6) is -0.926. The monoisotopic (exact) mass is 504 g/mol. The van der Waals surface area contributed by atoms with Crippen molar-refractivity contribution < 1.29 is 19.2 Å². The van der Waals surface area contributed by atoms with Gasteiger partial charge in [-0.25, -0.2) is 0 Å². The number of carbonyl (C=O) groups excluding carboxylic acids is 4. The maximum absolute atomic E-state index is 13.3. The summed E-state index contributed by atoms with van der Waals surface area (Å²) in [5, 5.41) is 7.10. The summed E-state index contributed by atoms with van der Waals surface area (Å²) in [5.41, 5.74) is 2.17. The summed E-state index contributed by atoms with van der Waals surface area (Å²) in [4.78, 5) is 53.9. The van der Waals surface area contributed by atoms with Crippen LogP contribution in [0.25, 0.3) is 10.8 Å². The van der Waals surface area contributed by atoms with Crippen LogP contribution in [0.1, 0.15) is 80.1 Å². The average Bonchev–Trinajstić information content (AvgIpc) is 3.19. The summed E-state index contributed by atoms with van der Waals surface area (Å²) in [6, 6.07) is 8.62. The molecule has 2 aromatic carbocycles. The zero-order valence-electron chi connectivity index (χ0n) is 21.4. The van der Waals surface area contributed by atoms with Crippen LogP contribution in [0.5, 0.6) is 0 Å². The molecule has 0 radical (unpaired) electrons. The number of likely N-dealkylation sites (tertiary alicyclic amines) is 1. The van der Waals surface area contributed by atoms with E-state index in [9.17, 15) is 19.2 Å². The minimum absolute atomic E-state index is 0.0422. The summed E-state index contributed by atoms with van der Waals surface area (Å²) >= 11 is 0. The third-order valence-corrected chi connectivity index (χ3v) is 7.89. The molecule has 1 unspecified atom stereocenters. The first-order valence-electron chi connectivity index (χ1n) is 13.7. The fraction of sp³-hybridized carbons (Fsp3) is 0.517. The zero-order chi connectivity index (χ0) is 25.8. The number of hydrogen-bond acceptors (Lipinski definition) is 5. The summed E-state index contributed by atoms with van der Waals surface area (Å²) in [6.45, 7) is 4.05. The van der Waals surface area contributed by atoms with Crippen LogP contribution in [-0.4, -0.2) is 54.2 Å². The van der Waals surface area contributed by atoms with Crippen molar-refractivity contribution in [3.05, 3.63) is 41.5 Å². The lowest BCUT2D eigenvalue weighted by atomic mass is 10.00. The molecule has 3 heterocycles. The van der Waals surface area contributed by atoms with Gasteiger partial charge in [-0.3, -0.25) is 29.4 Å². The number of nitrogens with one attached hydrogen (secondary N) is 2. The molecule has 3 aliphatic heterocycles. The van der Waals surface area contributed by atoms with Gasteiger partial charge in [0.2, 0.25) is 17.7 Å². The van der Waals surface area contributed by atoms with E-state index >= 15 is 0 Å². The van der Waals surface area contributed by atoms with Gasteiger partial charge in [-0.2, -0.15) is 0 Å². The topological polar surface area (TPSA) is 98.8 Å². The highest BCUT2D eigenvalue weighted by Gasteiger charge is 2.40. The molecular formula is C29H36N4O4. The lowest BCUT2D eigenvalue weighted by Crippen LogP contribution is -2.53. The summed E-state index contributed by atoms with van der Waals surface area (Å²) in [7, 11) is 0. The molecule has 0 spiro atoms.